The monoisotopic (exact) mass is 523 g/mol. The molecular weight excluding hydrogens is 495 g/mol. The lowest BCUT2D eigenvalue weighted by Gasteiger charge is -2.33. The minimum Gasteiger partial charge on any atom is -0.322 e. The van der Waals surface area contributed by atoms with Crippen molar-refractivity contribution >= 4 is 17.2 Å². The molecule has 4 aromatic rings. The standard InChI is InChI=1S/C27H28F3N7O/c1-17-4-6-19(14-22(17)25-33-32-24-9-5-18(2)34-37(24)25)26(38)31-21-8-7-20(23(15-21)27(28,29)30)16-36-12-10-35(3)11-13-36/h4-9,14-15H,10-13,16H2,1-3H3,(H,31,38). The van der Waals surface area contributed by atoms with Crippen molar-refractivity contribution in [2.45, 2.75) is 26.6 Å². The van der Waals surface area contributed by atoms with E-state index in [9.17, 15) is 18.0 Å². The highest BCUT2D eigenvalue weighted by Gasteiger charge is 2.34. The van der Waals surface area contributed by atoms with E-state index in [1.54, 1.807) is 28.8 Å². The van der Waals surface area contributed by atoms with E-state index in [-0.39, 0.29) is 23.4 Å². The van der Waals surface area contributed by atoms with E-state index < -0.39 is 17.6 Å². The van der Waals surface area contributed by atoms with E-state index in [0.29, 0.717) is 30.1 Å². The lowest BCUT2D eigenvalue weighted by Crippen LogP contribution is -2.44. The third-order valence-electron chi connectivity index (χ3n) is 6.80. The molecular formula is C27H28F3N7O. The van der Waals surface area contributed by atoms with Crippen molar-refractivity contribution in [1.29, 1.82) is 0 Å². The number of aryl methyl sites for hydroxylation is 2. The number of anilines is 1. The number of hydrogen-bond donors (Lipinski definition) is 1. The van der Waals surface area contributed by atoms with Crippen LogP contribution in [0.15, 0.2) is 48.5 Å². The highest BCUT2D eigenvalue weighted by molar-refractivity contribution is 6.05. The van der Waals surface area contributed by atoms with Crippen molar-refractivity contribution in [3.05, 3.63) is 76.5 Å². The summed E-state index contributed by atoms with van der Waals surface area (Å²) in [5.41, 5.74) is 2.67. The van der Waals surface area contributed by atoms with Gasteiger partial charge < -0.3 is 10.2 Å². The van der Waals surface area contributed by atoms with Crippen LogP contribution in [0.5, 0.6) is 0 Å². The topological polar surface area (TPSA) is 78.7 Å². The van der Waals surface area contributed by atoms with Gasteiger partial charge in [0.25, 0.3) is 5.91 Å². The van der Waals surface area contributed by atoms with Gasteiger partial charge >= 0.3 is 6.18 Å². The number of fused-ring (bicyclic) bond motifs is 1. The zero-order chi connectivity index (χ0) is 27.0. The van der Waals surface area contributed by atoms with Gasteiger partial charge in [0, 0.05) is 49.5 Å². The molecule has 1 amide bonds. The van der Waals surface area contributed by atoms with Crippen molar-refractivity contribution in [3.63, 3.8) is 0 Å². The van der Waals surface area contributed by atoms with E-state index >= 15 is 0 Å². The molecule has 1 fully saturated rings. The number of amides is 1. The predicted molar refractivity (Wildman–Crippen MR) is 138 cm³/mol. The first-order valence-corrected chi connectivity index (χ1v) is 12.3. The molecule has 38 heavy (non-hydrogen) atoms. The van der Waals surface area contributed by atoms with E-state index in [1.165, 1.54) is 12.1 Å². The maximum absolute atomic E-state index is 14.0. The molecule has 1 aliphatic rings. The Morgan fingerprint density at radius 2 is 1.74 bits per heavy atom. The lowest BCUT2D eigenvalue weighted by molar-refractivity contribution is -0.138. The number of halogens is 3. The molecule has 0 unspecified atom stereocenters. The first-order valence-electron chi connectivity index (χ1n) is 12.3. The molecule has 198 valence electrons. The molecule has 0 bridgehead atoms. The Bertz CT molecular complexity index is 1490. The number of carbonyl (C=O) groups excluding carboxylic acids is 1. The third-order valence-corrected chi connectivity index (χ3v) is 6.80. The lowest BCUT2D eigenvalue weighted by atomic mass is 10.0. The molecule has 2 aromatic heterocycles. The van der Waals surface area contributed by atoms with Gasteiger partial charge in [0.15, 0.2) is 11.5 Å². The highest BCUT2D eigenvalue weighted by Crippen LogP contribution is 2.35. The summed E-state index contributed by atoms with van der Waals surface area (Å²) < 4.78 is 43.5. The zero-order valence-electron chi connectivity index (χ0n) is 21.4. The summed E-state index contributed by atoms with van der Waals surface area (Å²) in [5, 5.41) is 15.5. The summed E-state index contributed by atoms with van der Waals surface area (Å²) in [7, 11) is 2.00. The highest BCUT2D eigenvalue weighted by atomic mass is 19.4. The predicted octanol–water partition coefficient (Wildman–Crippen LogP) is 4.43. The molecule has 0 saturated carbocycles. The smallest absolute Gasteiger partial charge is 0.322 e. The van der Waals surface area contributed by atoms with Crippen molar-refractivity contribution in [2.24, 2.45) is 0 Å². The van der Waals surface area contributed by atoms with E-state index in [2.05, 4.69) is 25.5 Å². The fraction of sp³-hybridized carbons (Fsp3) is 0.333. The van der Waals surface area contributed by atoms with E-state index in [4.69, 9.17) is 0 Å². The molecule has 3 heterocycles. The largest absolute Gasteiger partial charge is 0.416 e. The molecule has 0 spiro atoms. The number of likely N-dealkylation sites (N-methyl/N-ethyl adjacent to an activating group) is 1. The molecule has 2 aromatic carbocycles. The Balaban J connectivity index is 1.40. The van der Waals surface area contributed by atoms with E-state index in [1.807, 2.05) is 31.9 Å². The molecule has 8 nitrogen and oxygen atoms in total. The Morgan fingerprint density at radius 1 is 0.974 bits per heavy atom. The van der Waals surface area contributed by atoms with Crippen LogP contribution in [0.2, 0.25) is 0 Å². The number of benzene rings is 2. The van der Waals surface area contributed by atoms with Gasteiger partial charge in [0.1, 0.15) is 0 Å². The van der Waals surface area contributed by atoms with Crippen molar-refractivity contribution in [3.8, 4) is 11.4 Å². The summed E-state index contributed by atoms with van der Waals surface area (Å²) in [4.78, 5) is 17.3. The SMILES string of the molecule is Cc1ccc2nnc(-c3cc(C(=O)Nc4ccc(CN5CCN(C)CC5)c(C(F)(F)F)c4)ccc3C)n2n1. The molecule has 1 N–H and O–H groups in total. The molecule has 5 rings (SSSR count). The van der Waals surface area contributed by atoms with Crippen molar-refractivity contribution < 1.29 is 18.0 Å². The summed E-state index contributed by atoms with van der Waals surface area (Å²) >= 11 is 0. The molecule has 1 aliphatic heterocycles. The number of nitrogens with zero attached hydrogens (tertiary/aromatic N) is 6. The number of alkyl halides is 3. The summed E-state index contributed by atoms with van der Waals surface area (Å²) in [6.45, 7) is 6.98. The Morgan fingerprint density at radius 3 is 2.47 bits per heavy atom. The molecule has 1 saturated heterocycles. The molecule has 0 radical (unpaired) electrons. The Kier molecular flexibility index (Phi) is 6.89. The van der Waals surface area contributed by atoms with Gasteiger partial charge in [-0.25, -0.2) is 0 Å². The van der Waals surface area contributed by atoms with Crippen LogP contribution in [0.3, 0.4) is 0 Å². The zero-order valence-corrected chi connectivity index (χ0v) is 21.4. The molecule has 0 atom stereocenters. The number of rotatable bonds is 5. The Hall–Kier alpha value is -3.83. The molecule has 0 aliphatic carbocycles. The van der Waals surface area contributed by atoms with Gasteiger partial charge in [0.2, 0.25) is 0 Å². The van der Waals surface area contributed by atoms with Crippen LogP contribution in [-0.4, -0.2) is 68.7 Å². The molecule has 11 heteroatoms. The fourth-order valence-corrected chi connectivity index (χ4v) is 4.56. The Labute approximate surface area is 218 Å². The van der Waals surface area contributed by atoms with Gasteiger partial charge in [-0.15, -0.1) is 10.2 Å². The number of piperazine rings is 1. The van der Waals surface area contributed by atoms with Crippen LogP contribution in [0.25, 0.3) is 17.0 Å². The minimum absolute atomic E-state index is 0.0804. The first-order chi connectivity index (χ1) is 18.1. The van der Waals surface area contributed by atoms with Crippen LogP contribution >= 0.6 is 0 Å². The summed E-state index contributed by atoms with van der Waals surface area (Å²) in [5.74, 6) is -0.0485. The third kappa shape index (κ3) is 5.39. The van der Waals surface area contributed by atoms with Crippen LogP contribution in [0, 0.1) is 13.8 Å². The maximum atomic E-state index is 14.0. The van der Waals surface area contributed by atoms with Crippen molar-refractivity contribution in [2.75, 3.05) is 38.5 Å². The maximum Gasteiger partial charge on any atom is 0.416 e. The quantitative estimate of drug-likeness (QED) is 0.417. The summed E-state index contributed by atoms with van der Waals surface area (Å²) in [6, 6.07) is 12.7. The van der Waals surface area contributed by atoms with Crippen molar-refractivity contribution in [1.82, 2.24) is 29.6 Å². The average Bonchev–Trinajstić information content (AvgIpc) is 3.28. The first kappa shape index (κ1) is 25.8. The van der Waals surface area contributed by atoms with Gasteiger partial charge in [-0.05, 0) is 68.4 Å². The summed E-state index contributed by atoms with van der Waals surface area (Å²) in [6.07, 6.45) is -4.54. The second-order valence-electron chi connectivity index (χ2n) is 9.70. The second kappa shape index (κ2) is 10.1. The second-order valence-corrected chi connectivity index (χ2v) is 9.70. The van der Waals surface area contributed by atoms with E-state index in [0.717, 1.165) is 30.4 Å². The number of aromatic nitrogens is 4. The van der Waals surface area contributed by atoms with Crippen LogP contribution in [0.1, 0.15) is 32.7 Å². The number of nitrogens with one attached hydrogen (secondary N) is 1. The van der Waals surface area contributed by atoms with Gasteiger partial charge in [-0.2, -0.15) is 22.8 Å². The van der Waals surface area contributed by atoms with Gasteiger partial charge in [-0.1, -0.05) is 12.1 Å². The average molecular weight is 524 g/mol. The number of carbonyl (C=O) groups is 1. The van der Waals surface area contributed by atoms with Crippen LogP contribution < -0.4 is 5.32 Å². The van der Waals surface area contributed by atoms with Gasteiger partial charge in [0.05, 0.1) is 11.3 Å². The normalized spacial score (nSPS) is 15.2. The number of hydrogen-bond acceptors (Lipinski definition) is 6. The fourth-order valence-electron chi connectivity index (χ4n) is 4.56. The van der Waals surface area contributed by atoms with Crippen LogP contribution in [-0.2, 0) is 12.7 Å². The van der Waals surface area contributed by atoms with Gasteiger partial charge in [-0.3, -0.25) is 9.69 Å². The van der Waals surface area contributed by atoms with Crippen LogP contribution in [0.4, 0.5) is 18.9 Å². The minimum atomic E-state index is -4.54.